The Bertz CT molecular complexity index is 363. The van der Waals surface area contributed by atoms with Crippen molar-refractivity contribution in [2.24, 2.45) is 5.73 Å². The van der Waals surface area contributed by atoms with Crippen LogP contribution in [0.2, 0.25) is 0 Å². The number of thiophene rings is 1. The van der Waals surface area contributed by atoms with Crippen molar-refractivity contribution in [2.75, 3.05) is 13.6 Å². The monoisotopic (exact) mass is 310 g/mol. The molecule has 1 aromatic heterocycles. The Morgan fingerprint density at radius 1 is 1.29 bits per heavy atom. The topological polar surface area (TPSA) is 29.3 Å². The lowest BCUT2D eigenvalue weighted by molar-refractivity contribution is 0.0894. The molecule has 0 aliphatic carbocycles. The van der Waals surface area contributed by atoms with Gasteiger partial charge in [-0.25, -0.2) is 0 Å². The molecular weight excluding hydrogens is 276 g/mol. The molecule has 3 heteroatoms. The fourth-order valence-electron chi connectivity index (χ4n) is 2.92. The van der Waals surface area contributed by atoms with Gasteiger partial charge in [0, 0.05) is 23.0 Å². The van der Waals surface area contributed by atoms with E-state index in [9.17, 15) is 0 Å². The van der Waals surface area contributed by atoms with Gasteiger partial charge in [-0.2, -0.15) is 0 Å². The predicted octanol–water partition coefficient (Wildman–Crippen LogP) is 4.69. The molecule has 0 fully saturated rings. The quantitative estimate of drug-likeness (QED) is 0.601. The number of nitrogens with zero attached hydrogens (tertiary/aromatic N) is 1. The Kier molecular flexibility index (Phi) is 8.53. The van der Waals surface area contributed by atoms with Gasteiger partial charge in [0.15, 0.2) is 0 Å². The second-order valence-electron chi connectivity index (χ2n) is 6.61. The van der Waals surface area contributed by atoms with Crippen LogP contribution in [0.15, 0.2) is 17.5 Å². The second-order valence-corrected chi connectivity index (χ2v) is 7.64. The molecule has 1 heterocycles. The molecule has 2 atom stereocenters. The maximum absolute atomic E-state index is 6.12. The molecule has 1 aromatic rings. The molecule has 2 nitrogen and oxygen atoms in total. The van der Waals surface area contributed by atoms with Gasteiger partial charge in [-0.1, -0.05) is 45.1 Å². The first-order valence-electron chi connectivity index (χ1n) is 8.49. The van der Waals surface area contributed by atoms with Crippen molar-refractivity contribution in [3.05, 3.63) is 22.4 Å². The number of hydrogen-bond acceptors (Lipinski definition) is 3. The maximum atomic E-state index is 6.12. The van der Waals surface area contributed by atoms with Crippen molar-refractivity contribution in [1.82, 2.24) is 4.90 Å². The van der Waals surface area contributed by atoms with Gasteiger partial charge >= 0.3 is 0 Å². The summed E-state index contributed by atoms with van der Waals surface area (Å²) in [7, 11) is 2.25. The van der Waals surface area contributed by atoms with Crippen LogP contribution < -0.4 is 5.73 Å². The molecular formula is C18H34N2S. The van der Waals surface area contributed by atoms with Crippen LogP contribution in [-0.2, 0) is 6.42 Å². The van der Waals surface area contributed by atoms with Gasteiger partial charge in [-0.15, -0.1) is 11.3 Å². The largest absolute Gasteiger partial charge is 0.329 e. The first-order chi connectivity index (χ1) is 10.0. The number of unbranched alkanes of at least 4 members (excludes halogenated alkanes) is 4. The van der Waals surface area contributed by atoms with Crippen LogP contribution in [0.4, 0.5) is 0 Å². The van der Waals surface area contributed by atoms with E-state index in [2.05, 4.69) is 50.2 Å². The molecule has 122 valence electrons. The highest BCUT2D eigenvalue weighted by Crippen LogP contribution is 2.25. The number of likely N-dealkylation sites (N-methyl/N-ethyl adjacent to an activating group) is 1. The van der Waals surface area contributed by atoms with Crippen molar-refractivity contribution < 1.29 is 0 Å². The average Bonchev–Trinajstić information content (AvgIpc) is 2.98. The predicted molar refractivity (Wildman–Crippen MR) is 96.1 cm³/mol. The van der Waals surface area contributed by atoms with Gasteiger partial charge in [0.1, 0.15) is 0 Å². The van der Waals surface area contributed by atoms with Crippen LogP contribution >= 0.6 is 11.3 Å². The third-order valence-corrected chi connectivity index (χ3v) is 5.75. The zero-order chi connectivity index (χ0) is 15.7. The summed E-state index contributed by atoms with van der Waals surface area (Å²) < 4.78 is 0. The first-order valence-corrected chi connectivity index (χ1v) is 9.37. The SMILES string of the molecule is CCCCCCCC(C)(CN)N(C)C(C)Cc1cccs1. The number of hydrogen-bond donors (Lipinski definition) is 1. The Morgan fingerprint density at radius 3 is 2.57 bits per heavy atom. The normalized spacial score (nSPS) is 16.1. The van der Waals surface area contributed by atoms with Gasteiger partial charge < -0.3 is 5.73 Å². The van der Waals surface area contributed by atoms with Crippen molar-refractivity contribution in [2.45, 2.75) is 77.3 Å². The summed E-state index contributed by atoms with van der Waals surface area (Å²) >= 11 is 1.86. The minimum absolute atomic E-state index is 0.128. The van der Waals surface area contributed by atoms with Gasteiger partial charge in [0.2, 0.25) is 0 Å². The van der Waals surface area contributed by atoms with Gasteiger partial charge in [-0.05, 0) is 45.2 Å². The van der Waals surface area contributed by atoms with Crippen molar-refractivity contribution >= 4 is 11.3 Å². The van der Waals surface area contributed by atoms with E-state index in [4.69, 9.17) is 5.73 Å². The zero-order valence-corrected chi connectivity index (χ0v) is 15.2. The fourth-order valence-corrected chi connectivity index (χ4v) is 3.75. The highest BCUT2D eigenvalue weighted by molar-refractivity contribution is 7.09. The average molecular weight is 311 g/mol. The van der Waals surface area contributed by atoms with Crippen LogP contribution in [0.5, 0.6) is 0 Å². The molecule has 0 bridgehead atoms. The minimum atomic E-state index is 0.128. The standard InChI is InChI=1S/C18H34N2S/c1-5-6-7-8-9-12-18(3,15-19)20(4)16(2)14-17-11-10-13-21-17/h10-11,13,16H,5-9,12,14-15,19H2,1-4H3. The van der Waals surface area contributed by atoms with Gasteiger partial charge in [0.05, 0.1) is 0 Å². The summed E-state index contributed by atoms with van der Waals surface area (Å²) in [4.78, 5) is 3.98. The summed E-state index contributed by atoms with van der Waals surface area (Å²) in [6, 6.07) is 4.91. The van der Waals surface area contributed by atoms with E-state index in [-0.39, 0.29) is 5.54 Å². The van der Waals surface area contributed by atoms with Crippen LogP contribution in [0.25, 0.3) is 0 Å². The fraction of sp³-hybridized carbons (Fsp3) is 0.778. The Balaban J connectivity index is 2.47. The summed E-state index contributed by atoms with van der Waals surface area (Å²) in [6.07, 6.45) is 9.01. The third kappa shape index (κ3) is 6.09. The Hall–Kier alpha value is -0.380. The molecule has 2 unspecified atom stereocenters. The first kappa shape index (κ1) is 18.7. The highest BCUT2D eigenvalue weighted by atomic mass is 32.1. The van der Waals surface area contributed by atoms with Crippen molar-refractivity contribution in [1.29, 1.82) is 0 Å². The molecule has 0 saturated heterocycles. The second kappa shape index (κ2) is 9.60. The van der Waals surface area contributed by atoms with E-state index >= 15 is 0 Å². The van der Waals surface area contributed by atoms with E-state index < -0.39 is 0 Å². The third-order valence-electron chi connectivity index (χ3n) is 4.85. The smallest absolute Gasteiger partial charge is 0.0303 e. The summed E-state index contributed by atoms with van der Waals surface area (Å²) in [5, 5.41) is 2.16. The van der Waals surface area contributed by atoms with E-state index in [1.165, 1.54) is 43.4 Å². The van der Waals surface area contributed by atoms with Crippen LogP contribution in [0.3, 0.4) is 0 Å². The van der Waals surface area contributed by atoms with E-state index in [1.54, 1.807) is 0 Å². The minimum Gasteiger partial charge on any atom is -0.329 e. The molecule has 0 aliphatic heterocycles. The number of nitrogens with two attached hydrogens (primary N) is 1. The lowest BCUT2D eigenvalue weighted by Crippen LogP contribution is -2.53. The van der Waals surface area contributed by atoms with Crippen LogP contribution in [0, 0.1) is 0 Å². The van der Waals surface area contributed by atoms with E-state index in [0.717, 1.165) is 13.0 Å². The molecule has 0 spiro atoms. The lowest BCUT2D eigenvalue weighted by atomic mass is 9.90. The van der Waals surface area contributed by atoms with E-state index in [0.29, 0.717) is 6.04 Å². The molecule has 0 aliphatic rings. The van der Waals surface area contributed by atoms with Gasteiger partial charge in [-0.3, -0.25) is 4.90 Å². The number of rotatable bonds is 11. The van der Waals surface area contributed by atoms with Crippen molar-refractivity contribution in [3.63, 3.8) is 0 Å². The van der Waals surface area contributed by atoms with Crippen LogP contribution in [0.1, 0.15) is 64.2 Å². The molecule has 1 rings (SSSR count). The lowest BCUT2D eigenvalue weighted by Gasteiger charge is -2.42. The van der Waals surface area contributed by atoms with Gasteiger partial charge in [0.25, 0.3) is 0 Å². The summed E-state index contributed by atoms with van der Waals surface area (Å²) in [5.41, 5.74) is 6.25. The molecule has 21 heavy (non-hydrogen) atoms. The maximum Gasteiger partial charge on any atom is 0.0303 e. The summed E-state index contributed by atoms with van der Waals surface area (Å²) in [6.45, 7) is 7.67. The molecule has 0 saturated carbocycles. The van der Waals surface area contributed by atoms with E-state index in [1.807, 2.05) is 11.3 Å². The molecule has 2 N–H and O–H groups in total. The summed E-state index contributed by atoms with van der Waals surface area (Å²) in [5.74, 6) is 0. The zero-order valence-electron chi connectivity index (χ0n) is 14.4. The highest BCUT2D eigenvalue weighted by Gasteiger charge is 2.30. The molecule has 0 radical (unpaired) electrons. The molecule has 0 aromatic carbocycles. The van der Waals surface area contributed by atoms with Crippen LogP contribution in [-0.4, -0.2) is 30.1 Å². The molecule has 0 amide bonds. The van der Waals surface area contributed by atoms with Crippen molar-refractivity contribution in [3.8, 4) is 0 Å². The Labute approximate surface area is 135 Å². The Morgan fingerprint density at radius 2 is 2.00 bits per heavy atom.